The third-order valence-electron chi connectivity index (χ3n) is 1.21. The first-order valence-electron chi connectivity index (χ1n) is 3.13. The molecule has 0 aliphatic heterocycles. The van der Waals surface area contributed by atoms with E-state index >= 15 is 0 Å². The molecule has 0 radical (unpaired) electrons. The van der Waals surface area contributed by atoms with Crippen LogP contribution in [0.5, 0.6) is 0 Å². The SMILES string of the molecule is CCCn1c(=O)[nH][nH]c1=O. The summed E-state index contributed by atoms with van der Waals surface area (Å²) in [5.41, 5.74) is -0.737. The molecule has 0 saturated carbocycles. The first-order valence-corrected chi connectivity index (χ1v) is 3.13. The largest absolute Gasteiger partial charge is 0.344 e. The van der Waals surface area contributed by atoms with E-state index in [1.807, 2.05) is 6.92 Å². The molecule has 5 heteroatoms. The smallest absolute Gasteiger partial charge is 0.247 e. The molecule has 0 saturated heterocycles. The van der Waals surface area contributed by atoms with Crippen molar-refractivity contribution in [3.05, 3.63) is 21.0 Å². The van der Waals surface area contributed by atoms with Crippen molar-refractivity contribution in [3.63, 3.8) is 0 Å². The van der Waals surface area contributed by atoms with Crippen molar-refractivity contribution in [3.8, 4) is 0 Å². The van der Waals surface area contributed by atoms with Gasteiger partial charge in [-0.1, -0.05) is 6.92 Å². The van der Waals surface area contributed by atoms with Crippen LogP contribution < -0.4 is 11.4 Å². The Hall–Kier alpha value is -1.26. The zero-order valence-corrected chi connectivity index (χ0v) is 5.68. The van der Waals surface area contributed by atoms with Crippen LogP contribution in [0.25, 0.3) is 0 Å². The number of hydrogen-bond acceptors (Lipinski definition) is 2. The van der Waals surface area contributed by atoms with Crippen molar-refractivity contribution >= 4 is 0 Å². The van der Waals surface area contributed by atoms with Gasteiger partial charge in [0.15, 0.2) is 0 Å². The number of aromatic amines is 2. The maximum atomic E-state index is 10.7. The van der Waals surface area contributed by atoms with Crippen LogP contribution in [0.4, 0.5) is 0 Å². The van der Waals surface area contributed by atoms with Gasteiger partial charge in [-0.05, 0) is 6.42 Å². The van der Waals surface area contributed by atoms with Crippen LogP contribution in [0.3, 0.4) is 0 Å². The molecule has 1 rings (SSSR count). The molecule has 0 unspecified atom stereocenters. The highest BCUT2D eigenvalue weighted by Crippen LogP contribution is 1.75. The minimum absolute atomic E-state index is 0.369. The molecule has 1 heterocycles. The molecule has 1 aromatic rings. The Balaban J connectivity index is 3.11. The molecule has 0 aliphatic rings. The van der Waals surface area contributed by atoms with E-state index in [-0.39, 0.29) is 11.4 Å². The molecule has 0 fully saturated rings. The Bertz CT molecular complexity index is 278. The topological polar surface area (TPSA) is 70.7 Å². The summed E-state index contributed by atoms with van der Waals surface area (Å²) in [6, 6.07) is 0. The molecule has 56 valence electrons. The predicted octanol–water partition coefficient (Wildman–Crippen LogP) is -0.725. The van der Waals surface area contributed by atoms with E-state index in [0.29, 0.717) is 6.54 Å². The maximum absolute atomic E-state index is 10.7. The molecule has 0 aliphatic carbocycles. The van der Waals surface area contributed by atoms with Gasteiger partial charge in [-0.3, -0.25) is 0 Å². The van der Waals surface area contributed by atoms with Crippen LogP contribution in [0.15, 0.2) is 9.59 Å². The quantitative estimate of drug-likeness (QED) is 0.573. The Morgan fingerprint density at radius 1 is 1.30 bits per heavy atom. The van der Waals surface area contributed by atoms with E-state index in [1.165, 1.54) is 0 Å². The summed E-state index contributed by atoms with van der Waals surface area (Å²) >= 11 is 0. The number of hydrogen-bond donors (Lipinski definition) is 2. The van der Waals surface area contributed by atoms with E-state index in [2.05, 4.69) is 10.2 Å². The van der Waals surface area contributed by atoms with Crippen molar-refractivity contribution in [1.82, 2.24) is 14.8 Å². The highest BCUT2D eigenvalue weighted by atomic mass is 16.2. The second-order valence-corrected chi connectivity index (χ2v) is 2.01. The molecule has 10 heavy (non-hydrogen) atoms. The fourth-order valence-corrected chi connectivity index (χ4v) is 0.761. The lowest BCUT2D eigenvalue weighted by Gasteiger charge is -1.90. The van der Waals surface area contributed by atoms with Crippen LogP contribution in [0, 0.1) is 0 Å². The van der Waals surface area contributed by atoms with Crippen molar-refractivity contribution < 1.29 is 0 Å². The zero-order chi connectivity index (χ0) is 7.56. The van der Waals surface area contributed by atoms with E-state index in [9.17, 15) is 9.59 Å². The molecule has 0 spiro atoms. The number of rotatable bonds is 2. The van der Waals surface area contributed by atoms with Gasteiger partial charge in [0, 0.05) is 6.54 Å². The third-order valence-corrected chi connectivity index (χ3v) is 1.21. The summed E-state index contributed by atoms with van der Waals surface area (Å²) in [4.78, 5) is 21.4. The summed E-state index contributed by atoms with van der Waals surface area (Å²) in [5.74, 6) is 0. The minimum Gasteiger partial charge on any atom is -0.247 e. The Labute approximate surface area is 56.7 Å². The fraction of sp³-hybridized carbons (Fsp3) is 0.600. The molecule has 0 bridgehead atoms. The highest BCUT2D eigenvalue weighted by Gasteiger charge is 1.98. The lowest BCUT2D eigenvalue weighted by molar-refractivity contribution is 0.636. The minimum atomic E-state index is -0.369. The van der Waals surface area contributed by atoms with Crippen molar-refractivity contribution in [2.45, 2.75) is 19.9 Å². The van der Waals surface area contributed by atoms with E-state index in [4.69, 9.17) is 0 Å². The fourth-order valence-electron chi connectivity index (χ4n) is 0.761. The summed E-state index contributed by atoms with van der Waals surface area (Å²) in [7, 11) is 0. The van der Waals surface area contributed by atoms with Crippen LogP contribution in [-0.4, -0.2) is 14.8 Å². The molecule has 1 aromatic heterocycles. The number of H-pyrrole nitrogens is 2. The average Bonchev–Trinajstić information content (AvgIpc) is 2.20. The number of nitrogens with one attached hydrogen (secondary N) is 2. The van der Waals surface area contributed by atoms with E-state index in [0.717, 1.165) is 11.0 Å². The van der Waals surface area contributed by atoms with Crippen molar-refractivity contribution in [2.75, 3.05) is 0 Å². The van der Waals surface area contributed by atoms with Crippen LogP contribution in [0.1, 0.15) is 13.3 Å². The van der Waals surface area contributed by atoms with Gasteiger partial charge < -0.3 is 0 Å². The molecule has 0 atom stereocenters. The first-order chi connectivity index (χ1) is 4.75. The summed E-state index contributed by atoms with van der Waals surface area (Å²) < 4.78 is 1.12. The van der Waals surface area contributed by atoms with E-state index < -0.39 is 0 Å². The molecule has 0 amide bonds. The molecule has 2 N–H and O–H groups in total. The van der Waals surface area contributed by atoms with Crippen LogP contribution in [0.2, 0.25) is 0 Å². The van der Waals surface area contributed by atoms with Gasteiger partial charge in [0.05, 0.1) is 0 Å². The summed E-state index contributed by atoms with van der Waals surface area (Å²) in [6.07, 6.45) is 0.779. The van der Waals surface area contributed by atoms with Gasteiger partial charge in [0.1, 0.15) is 0 Å². The van der Waals surface area contributed by atoms with Gasteiger partial charge in [-0.15, -0.1) is 0 Å². The number of nitrogens with zero attached hydrogens (tertiary/aromatic N) is 1. The Morgan fingerprint density at radius 3 is 2.20 bits per heavy atom. The van der Waals surface area contributed by atoms with Gasteiger partial charge >= 0.3 is 11.4 Å². The monoisotopic (exact) mass is 143 g/mol. The molecular formula is C5H9N3O2. The maximum Gasteiger partial charge on any atom is 0.344 e. The number of aromatic nitrogens is 3. The lowest BCUT2D eigenvalue weighted by Crippen LogP contribution is -2.26. The Morgan fingerprint density at radius 2 is 1.80 bits per heavy atom. The van der Waals surface area contributed by atoms with Crippen LogP contribution in [-0.2, 0) is 6.54 Å². The van der Waals surface area contributed by atoms with Gasteiger partial charge in [-0.2, -0.15) is 0 Å². The highest BCUT2D eigenvalue weighted by molar-refractivity contribution is 4.64. The predicted molar refractivity (Wildman–Crippen MR) is 36.0 cm³/mol. The normalized spacial score (nSPS) is 10.1. The second kappa shape index (κ2) is 2.55. The average molecular weight is 143 g/mol. The van der Waals surface area contributed by atoms with E-state index in [1.54, 1.807) is 0 Å². The van der Waals surface area contributed by atoms with Crippen molar-refractivity contribution in [1.29, 1.82) is 0 Å². The Kier molecular flexibility index (Phi) is 1.75. The van der Waals surface area contributed by atoms with Crippen LogP contribution >= 0.6 is 0 Å². The standard InChI is InChI=1S/C5H9N3O2/c1-2-3-8-4(9)6-7-5(8)10/h2-3H2,1H3,(H,6,9)(H,7,10). The summed E-state index contributed by atoms with van der Waals surface area (Å²) in [6.45, 7) is 2.37. The van der Waals surface area contributed by atoms with Gasteiger partial charge in [0.2, 0.25) is 0 Å². The zero-order valence-electron chi connectivity index (χ0n) is 5.68. The molecular weight excluding hydrogens is 134 g/mol. The second-order valence-electron chi connectivity index (χ2n) is 2.01. The first kappa shape index (κ1) is 6.85. The van der Waals surface area contributed by atoms with Crippen molar-refractivity contribution in [2.24, 2.45) is 0 Å². The lowest BCUT2D eigenvalue weighted by atomic mass is 10.5. The van der Waals surface area contributed by atoms with Gasteiger partial charge in [0.25, 0.3) is 0 Å². The molecule has 5 nitrogen and oxygen atoms in total. The summed E-state index contributed by atoms with van der Waals surface area (Å²) in [5, 5.41) is 4.38. The van der Waals surface area contributed by atoms with Gasteiger partial charge in [-0.25, -0.2) is 24.4 Å². The third kappa shape index (κ3) is 1.02. The molecule has 0 aromatic carbocycles.